The van der Waals surface area contributed by atoms with Crippen LogP contribution in [0.25, 0.3) is 0 Å². The Hall–Kier alpha value is -1.60. The maximum atomic E-state index is 3.66. The van der Waals surface area contributed by atoms with E-state index in [9.17, 15) is 0 Å². The van der Waals surface area contributed by atoms with Crippen molar-refractivity contribution in [3.63, 3.8) is 0 Å². The van der Waals surface area contributed by atoms with Crippen LogP contribution < -0.4 is 5.32 Å². The van der Waals surface area contributed by atoms with Crippen molar-refractivity contribution in [1.82, 2.24) is 5.32 Å². The average molecular weight is 251 g/mol. The molecule has 1 heterocycles. The highest BCUT2D eigenvalue weighted by Crippen LogP contribution is 2.19. The van der Waals surface area contributed by atoms with Crippen molar-refractivity contribution < 1.29 is 0 Å². The summed E-state index contributed by atoms with van der Waals surface area (Å²) >= 11 is 0. The molecule has 0 bridgehead atoms. The molecule has 1 heteroatoms. The van der Waals surface area contributed by atoms with Crippen molar-refractivity contribution in [1.29, 1.82) is 0 Å². The Morgan fingerprint density at radius 1 is 0.895 bits per heavy atom. The van der Waals surface area contributed by atoms with Crippen LogP contribution in [0.5, 0.6) is 0 Å². The first-order valence-electron chi connectivity index (χ1n) is 7.26. The average Bonchev–Trinajstić information content (AvgIpc) is 2.48. The van der Waals surface area contributed by atoms with Crippen LogP contribution in [0.15, 0.2) is 54.6 Å². The van der Waals surface area contributed by atoms with Gasteiger partial charge < -0.3 is 5.32 Å². The van der Waals surface area contributed by atoms with Crippen LogP contribution in [0.4, 0.5) is 0 Å². The lowest BCUT2D eigenvalue weighted by Gasteiger charge is -2.26. The van der Waals surface area contributed by atoms with Gasteiger partial charge in [-0.3, -0.25) is 0 Å². The molecule has 1 nitrogen and oxygen atoms in total. The molecule has 1 aliphatic heterocycles. The molecule has 0 radical (unpaired) electrons. The summed E-state index contributed by atoms with van der Waals surface area (Å²) in [4.78, 5) is 0. The number of hydrogen-bond acceptors (Lipinski definition) is 1. The Bertz CT molecular complexity index is 518. The van der Waals surface area contributed by atoms with Crippen LogP contribution in [0.3, 0.4) is 0 Å². The summed E-state index contributed by atoms with van der Waals surface area (Å²) in [6, 6.07) is 20.3. The summed E-state index contributed by atoms with van der Waals surface area (Å²) in [5.41, 5.74) is 4.46. The quantitative estimate of drug-likeness (QED) is 0.873. The van der Waals surface area contributed by atoms with Crippen LogP contribution in [0, 0.1) is 0 Å². The van der Waals surface area contributed by atoms with E-state index in [4.69, 9.17) is 0 Å². The molecule has 0 aliphatic carbocycles. The monoisotopic (exact) mass is 251 g/mol. The van der Waals surface area contributed by atoms with Gasteiger partial charge in [0.15, 0.2) is 0 Å². The first-order valence-corrected chi connectivity index (χ1v) is 7.26. The van der Waals surface area contributed by atoms with E-state index in [1.807, 2.05) is 0 Å². The second-order valence-electron chi connectivity index (χ2n) is 5.43. The first-order chi connectivity index (χ1) is 9.42. The summed E-state index contributed by atoms with van der Waals surface area (Å²) in [6.45, 7) is 1.03. The molecule has 0 spiro atoms. The largest absolute Gasteiger partial charge is 0.310 e. The predicted molar refractivity (Wildman–Crippen MR) is 80.2 cm³/mol. The predicted octanol–water partition coefficient (Wildman–Crippen LogP) is 3.72. The number of hydrogen-bond donors (Lipinski definition) is 1. The molecule has 2 aromatic rings. The zero-order valence-corrected chi connectivity index (χ0v) is 11.3. The van der Waals surface area contributed by atoms with E-state index < -0.39 is 0 Å². The van der Waals surface area contributed by atoms with Gasteiger partial charge in [-0.15, -0.1) is 0 Å². The van der Waals surface area contributed by atoms with Crippen molar-refractivity contribution in [3.8, 4) is 0 Å². The molecule has 98 valence electrons. The van der Waals surface area contributed by atoms with Crippen molar-refractivity contribution in [2.24, 2.45) is 0 Å². The summed E-state index contributed by atoms with van der Waals surface area (Å²) in [6.07, 6.45) is 4.92. The molecule has 19 heavy (non-hydrogen) atoms. The minimum Gasteiger partial charge on any atom is -0.310 e. The minimum atomic E-state index is 0.651. The Balaban J connectivity index is 1.50. The Morgan fingerprint density at radius 2 is 1.63 bits per heavy atom. The second kappa shape index (κ2) is 6.03. The fourth-order valence-electron chi connectivity index (χ4n) is 2.92. The normalized spacial score (nSPS) is 18.0. The van der Waals surface area contributed by atoms with E-state index in [1.54, 1.807) is 0 Å². The highest BCUT2D eigenvalue weighted by atomic mass is 14.9. The van der Waals surface area contributed by atoms with Crippen LogP contribution in [0.1, 0.15) is 29.5 Å². The third-order valence-corrected chi connectivity index (χ3v) is 4.03. The lowest BCUT2D eigenvalue weighted by Crippen LogP contribution is -2.35. The summed E-state index contributed by atoms with van der Waals surface area (Å²) in [5, 5.41) is 3.66. The molecular formula is C18H21N. The highest BCUT2D eigenvalue weighted by molar-refractivity contribution is 5.29. The summed E-state index contributed by atoms with van der Waals surface area (Å²) < 4.78 is 0. The lowest BCUT2D eigenvalue weighted by atomic mass is 9.92. The van der Waals surface area contributed by atoms with Crippen LogP contribution in [-0.4, -0.2) is 6.04 Å². The maximum absolute atomic E-state index is 3.66. The van der Waals surface area contributed by atoms with Gasteiger partial charge >= 0.3 is 0 Å². The molecular weight excluding hydrogens is 230 g/mol. The molecule has 1 aliphatic rings. The molecule has 1 N–H and O–H groups in total. The van der Waals surface area contributed by atoms with Gasteiger partial charge in [0.1, 0.15) is 0 Å². The Kier molecular flexibility index (Phi) is 3.95. The molecule has 0 aromatic heterocycles. The Morgan fingerprint density at radius 3 is 2.47 bits per heavy atom. The van der Waals surface area contributed by atoms with Crippen LogP contribution in [-0.2, 0) is 19.4 Å². The van der Waals surface area contributed by atoms with Gasteiger partial charge in [0, 0.05) is 12.6 Å². The minimum absolute atomic E-state index is 0.651. The fourth-order valence-corrected chi connectivity index (χ4v) is 2.92. The first kappa shape index (κ1) is 12.4. The zero-order chi connectivity index (χ0) is 12.9. The second-order valence-corrected chi connectivity index (χ2v) is 5.43. The van der Waals surface area contributed by atoms with E-state index in [2.05, 4.69) is 59.9 Å². The van der Waals surface area contributed by atoms with Gasteiger partial charge in [0.25, 0.3) is 0 Å². The van der Waals surface area contributed by atoms with Gasteiger partial charge in [0.2, 0.25) is 0 Å². The number of nitrogens with one attached hydrogen (secondary N) is 1. The van der Waals surface area contributed by atoms with Crippen LogP contribution >= 0.6 is 0 Å². The fraction of sp³-hybridized carbons (Fsp3) is 0.333. The summed E-state index contributed by atoms with van der Waals surface area (Å²) in [7, 11) is 0. The number of benzene rings is 2. The van der Waals surface area contributed by atoms with Gasteiger partial charge in [-0.2, -0.15) is 0 Å². The van der Waals surface area contributed by atoms with Crippen molar-refractivity contribution in [2.45, 2.75) is 38.3 Å². The molecule has 1 unspecified atom stereocenters. The molecule has 3 rings (SSSR count). The third-order valence-electron chi connectivity index (χ3n) is 4.03. The van der Waals surface area contributed by atoms with Gasteiger partial charge in [-0.1, -0.05) is 54.6 Å². The van der Waals surface area contributed by atoms with E-state index >= 15 is 0 Å². The SMILES string of the molecule is c1ccc(CCCC2Cc3ccccc3CN2)cc1. The molecule has 0 saturated carbocycles. The van der Waals surface area contributed by atoms with Crippen molar-refractivity contribution >= 4 is 0 Å². The van der Waals surface area contributed by atoms with Gasteiger partial charge in [-0.25, -0.2) is 0 Å². The zero-order valence-electron chi connectivity index (χ0n) is 11.3. The number of rotatable bonds is 4. The van der Waals surface area contributed by atoms with E-state index in [-0.39, 0.29) is 0 Å². The topological polar surface area (TPSA) is 12.0 Å². The molecule has 0 saturated heterocycles. The number of aryl methyl sites for hydroxylation is 1. The van der Waals surface area contributed by atoms with E-state index in [0.717, 1.165) is 6.54 Å². The Labute approximate surface area is 115 Å². The van der Waals surface area contributed by atoms with Crippen molar-refractivity contribution in [2.75, 3.05) is 0 Å². The van der Waals surface area contributed by atoms with Gasteiger partial charge in [0.05, 0.1) is 0 Å². The maximum Gasteiger partial charge on any atom is 0.0210 e. The molecule has 0 amide bonds. The third kappa shape index (κ3) is 3.24. The molecule has 1 atom stereocenters. The highest BCUT2D eigenvalue weighted by Gasteiger charge is 2.16. The smallest absolute Gasteiger partial charge is 0.0210 e. The standard InChI is InChI=1S/C18H21N/c1-2-7-15(8-3-1)9-6-12-18-13-16-10-4-5-11-17(16)14-19-18/h1-5,7-8,10-11,18-19H,6,9,12-14H2. The number of fused-ring (bicyclic) bond motifs is 1. The van der Waals surface area contributed by atoms with E-state index in [1.165, 1.54) is 42.4 Å². The molecule has 2 aromatic carbocycles. The van der Waals surface area contributed by atoms with Crippen molar-refractivity contribution in [3.05, 3.63) is 71.3 Å². The van der Waals surface area contributed by atoms with Gasteiger partial charge in [-0.05, 0) is 42.4 Å². The summed E-state index contributed by atoms with van der Waals surface area (Å²) in [5.74, 6) is 0. The van der Waals surface area contributed by atoms with Crippen LogP contribution in [0.2, 0.25) is 0 Å². The van der Waals surface area contributed by atoms with E-state index in [0.29, 0.717) is 6.04 Å². The lowest BCUT2D eigenvalue weighted by molar-refractivity contribution is 0.441. The molecule has 0 fully saturated rings.